The van der Waals surface area contributed by atoms with Gasteiger partial charge in [-0.2, -0.15) is 13.2 Å². The van der Waals surface area contributed by atoms with Crippen molar-refractivity contribution in [2.75, 3.05) is 0 Å². The fourth-order valence-corrected chi connectivity index (χ4v) is 3.32. The van der Waals surface area contributed by atoms with Crippen LogP contribution in [0.1, 0.15) is 46.1 Å². The van der Waals surface area contributed by atoms with E-state index in [4.69, 9.17) is 0 Å². The molecule has 2 nitrogen and oxygen atoms in total. The topological polar surface area (TPSA) is 35.4 Å². The number of halogens is 4. The number of nitrogens with zero attached hydrogens (tertiary/aromatic N) is 1. The average Bonchev–Trinajstić information content (AvgIpc) is 3.14. The number of hydrogen-bond donors (Lipinski definition) is 0. The average molecular weight is 381 g/mol. The minimum atomic E-state index is -4.55. The predicted octanol–water partition coefficient (Wildman–Crippen LogP) is 5.49. The van der Waals surface area contributed by atoms with Crippen LogP contribution in [0, 0.1) is 11.2 Å². The summed E-state index contributed by atoms with van der Waals surface area (Å²) in [5, 5.41) is 0. The van der Waals surface area contributed by atoms with Crippen LogP contribution < -0.4 is 0 Å². The van der Waals surface area contributed by atoms with Crippen molar-refractivity contribution in [1.82, 2.24) is 0 Å². The van der Waals surface area contributed by atoms with Crippen LogP contribution in [0.3, 0.4) is 0 Å². The Morgan fingerprint density at radius 1 is 1.25 bits per heavy atom. The maximum atomic E-state index is 14.1. The van der Waals surface area contributed by atoms with Crippen molar-refractivity contribution in [1.29, 1.82) is 0 Å². The van der Waals surface area contributed by atoms with E-state index in [1.54, 1.807) is 20.8 Å². The summed E-state index contributed by atoms with van der Waals surface area (Å²) in [7, 11) is 0. The van der Waals surface area contributed by atoms with Gasteiger partial charge in [0.2, 0.25) is 0 Å². The minimum Gasteiger partial charge on any atom is -0.591 e. The van der Waals surface area contributed by atoms with Crippen molar-refractivity contribution in [3.63, 3.8) is 0 Å². The first-order valence-electron chi connectivity index (χ1n) is 7.39. The zero-order valence-corrected chi connectivity index (χ0v) is 15.5. The molecule has 1 atom stereocenters. The van der Waals surface area contributed by atoms with Gasteiger partial charge in [0.25, 0.3) is 0 Å². The molecular weight excluding hydrogens is 362 g/mol. The maximum Gasteiger partial charge on any atom is 0.446 e. The molecule has 0 aromatic heterocycles. The normalized spacial score (nSPS) is 19.3. The van der Waals surface area contributed by atoms with Crippen LogP contribution in [0.5, 0.6) is 0 Å². The van der Waals surface area contributed by atoms with Gasteiger partial charge in [-0.25, -0.2) is 4.39 Å². The fourth-order valence-electron chi connectivity index (χ4n) is 2.01. The number of hydrogen-bond acceptors (Lipinski definition) is 3. The Kier molecular flexibility index (Phi) is 5.33. The molecule has 1 fully saturated rings. The molecule has 0 radical (unpaired) electrons. The number of thioether (sulfide) groups is 1. The first-order chi connectivity index (χ1) is 10.8. The molecule has 24 heavy (non-hydrogen) atoms. The molecular formula is C16H19F4NOS2. The molecule has 0 amide bonds. The summed E-state index contributed by atoms with van der Waals surface area (Å²) in [6, 6.07) is 3.57. The zero-order valence-electron chi connectivity index (χ0n) is 13.8. The lowest BCUT2D eigenvalue weighted by Crippen LogP contribution is -2.28. The smallest absolute Gasteiger partial charge is 0.446 e. The summed E-state index contributed by atoms with van der Waals surface area (Å²) in [6.45, 7) is 7.28. The lowest BCUT2D eigenvalue weighted by Gasteiger charge is -2.21. The van der Waals surface area contributed by atoms with Crippen LogP contribution in [0.15, 0.2) is 27.5 Å². The van der Waals surface area contributed by atoms with Crippen molar-refractivity contribution in [2.24, 2.45) is 9.81 Å². The van der Waals surface area contributed by atoms with Gasteiger partial charge in [0, 0.05) is 11.0 Å². The summed E-state index contributed by atoms with van der Waals surface area (Å²) in [6.07, 6.45) is 1.65. The van der Waals surface area contributed by atoms with Crippen molar-refractivity contribution < 1.29 is 22.1 Å². The van der Waals surface area contributed by atoms with E-state index in [1.807, 2.05) is 6.92 Å². The SMILES string of the molecule is CC1(C(=N[S+]([O-])C(C)(C)C)c2ccc(SC(F)(F)F)c(F)c2)CC1. The van der Waals surface area contributed by atoms with Gasteiger partial charge in [0.15, 0.2) is 0 Å². The quantitative estimate of drug-likeness (QED) is 0.299. The highest BCUT2D eigenvalue weighted by Crippen LogP contribution is 2.49. The van der Waals surface area contributed by atoms with Crippen molar-refractivity contribution in [2.45, 2.75) is 55.7 Å². The Morgan fingerprint density at radius 2 is 1.83 bits per heavy atom. The van der Waals surface area contributed by atoms with E-state index in [1.165, 1.54) is 6.07 Å². The molecule has 8 heteroatoms. The molecule has 134 valence electrons. The van der Waals surface area contributed by atoms with Gasteiger partial charge in [-0.3, -0.25) is 0 Å². The number of benzene rings is 1. The fraction of sp³-hybridized carbons (Fsp3) is 0.562. The van der Waals surface area contributed by atoms with E-state index >= 15 is 0 Å². The van der Waals surface area contributed by atoms with Crippen LogP contribution >= 0.6 is 11.8 Å². The molecule has 0 saturated heterocycles. The summed E-state index contributed by atoms with van der Waals surface area (Å²) in [5.41, 5.74) is -3.96. The maximum absolute atomic E-state index is 14.1. The summed E-state index contributed by atoms with van der Waals surface area (Å²) in [5.74, 6) is -0.951. The molecule has 0 heterocycles. The second kappa shape index (κ2) is 6.53. The van der Waals surface area contributed by atoms with Crippen LogP contribution in [0.25, 0.3) is 0 Å². The summed E-state index contributed by atoms with van der Waals surface area (Å²) < 4.78 is 67.4. The highest BCUT2D eigenvalue weighted by atomic mass is 32.2. The third kappa shape index (κ3) is 4.89. The van der Waals surface area contributed by atoms with Gasteiger partial charge in [0.1, 0.15) is 27.6 Å². The summed E-state index contributed by atoms with van der Waals surface area (Å²) in [4.78, 5) is -0.483. The van der Waals surface area contributed by atoms with Crippen molar-refractivity contribution in [3.05, 3.63) is 29.6 Å². The molecule has 0 N–H and O–H groups in total. The molecule has 1 aliphatic rings. The largest absolute Gasteiger partial charge is 0.591 e. The molecule has 1 saturated carbocycles. The Balaban J connectivity index is 2.38. The molecule has 2 rings (SSSR count). The lowest BCUT2D eigenvalue weighted by molar-refractivity contribution is -0.0329. The Bertz CT molecular complexity index is 648. The zero-order chi connectivity index (χ0) is 18.3. The third-order valence-electron chi connectivity index (χ3n) is 3.70. The monoisotopic (exact) mass is 381 g/mol. The molecule has 1 aliphatic carbocycles. The third-order valence-corrected chi connectivity index (χ3v) is 5.88. The standard InChI is InChI=1S/C16H19F4NOS2/c1-14(2,3)24(22)21-13(15(4)7-8-15)10-5-6-12(11(17)9-10)23-16(18,19)20/h5-6,9H,7-8H2,1-4H3. The summed E-state index contributed by atoms with van der Waals surface area (Å²) >= 11 is -2.01. The van der Waals surface area contributed by atoms with Crippen LogP contribution in [-0.2, 0) is 11.4 Å². The van der Waals surface area contributed by atoms with Crippen molar-refractivity contribution >= 4 is 28.8 Å². The van der Waals surface area contributed by atoms with E-state index in [0.29, 0.717) is 11.3 Å². The second-order valence-electron chi connectivity index (χ2n) is 7.06. The Morgan fingerprint density at radius 3 is 2.25 bits per heavy atom. The van der Waals surface area contributed by atoms with Crippen LogP contribution in [0.4, 0.5) is 17.6 Å². The van der Waals surface area contributed by atoms with Crippen LogP contribution in [-0.4, -0.2) is 20.5 Å². The minimum absolute atomic E-state index is 0.300. The number of alkyl halides is 3. The molecule has 0 spiro atoms. The van der Waals surface area contributed by atoms with Gasteiger partial charge in [-0.15, -0.1) is 0 Å². The lowest BCUT2D eigenvalue weighted by atomic mass is 9.96. The van der Waals surface area contributed by atoms with Gasteiger partial charge >= 0.3 is 5.51 Å². The van der Waals surface area contributed by atoms with Gasteiger partial charge < -0.3 is 4.55 Å². The Hall–Kier alpha value is -0.730. The predicted molar refractivity (Wildman–Crippen MR) is 90.1 cm³/mol. The van der Waals surface area contributed by atoms with E-state index < -0.39 is 44.1 Å². The van der Waals surface area contributed by atoms with Crippen molar-refractivity contribution in [3.8, 4) is 0 Å². The van der Waals surface area contributed by atoms with Gasteiger partial charge in [-0.05, 0) is 57.5 Å². The highest BCUT2D eigenvalue weighted by molar-refractivity contribution is 8.00. The van der Waals surface area contributed by atoms with Gasteiger partial charge in [0.05, 0.1) is 4.90 Å². The second-order valence-corrected chi connectivity index (χ2v) is 10.1. The molecule has 0 bridgehead atoms. The van der Waals surface area contributed by atoms with E-state index in [0.717, 1.165) is 25.0 Å². The Labute approximate surface area is 146 Å². The first kappa shape index (κ1) is 19.6. The van der Waals surface area contributed by atoms with E-state index in [-0.39, 0.29) is 5.41 Å². The molecule has 1 aromatic rings. The molecule has 1 unspecified atom stereocenters. The van der Waals surface area contributed by atoms with E-state index in [2.05, 4.69) is 4.40 Å². The van der Waals surface area contributed by atoms with E-state index in [9.17, 15) is 22.1 Å². The van der Waals surface area contributed by atoms with Crippen LogP contribution in [0.2, 0.25) is 0 Å². The highest BCUT2D eigenvalue weighted by Gasteiger charge is 2.45. The first-order valence-corrected chi connectivity index (χ1v) is 9.31. The van der Waals surface area contributed by atoms with Gasteiger partial charge in [-0.1, -0.05) is 17.4 Å². The number of rotatable bonds is 4. The molecule has 0 aliphatic heterocycles. The molecule has 1 aromatic carbocycles.